The molecule has 0 unspecified atom stereocenters. The van der Waals surface area contributed by atoms with Crippen molar-refractivity contribution < 1.29 is 14.4 Å². The van der Waals surface area contributed by atoms with Crippen LogP contribution in [0.2, 0.25) is 0 Å². The molecule has 2 aliphatic heterocycles. The molecule has 29 heavy (non-hydrogen) atoms. The zero-order chi connectivity index (χ0) is 20.2. The summed E-state index contributed by atoms with van der Waals surface area (Å²) < 4.78 is 0.640. The van der Waals surface area contributed by atoms with E-state index in [1.165, 1.54) is 23.1 Å². The Labute approximate surface area is 176 Å². The van der Waals surface area contributed by atoms with Crippen molar-refractivity contribution in [1.29, 1.82) is 0 Å². The molecule has 0 aliphatic carbocycles. The number of nitrogens with one attached hydrogen (secondary N) is 1. The number of carbonyl (C=O) groups excluding carboxylic acids is 3. The van der Waals surface area contributed by atoms with Gasteiger partial charge in [-0.15, -0.1) is 10.2 Å². The molecule has 2 aromatic rings. The number of para-hydroxylation sites is 1. The number of amides is 3. The Morgan fingerprint density at radius 2 is 1.93 bits per heavy atom. The molecule has 8 nitrogen and oxygen atoms in total. The highest BCUT2D eigenvalue weighted by atomic mass is 32.2. The summed E-state index contributed by atoms with van der Waals surface area (Å²) in [7, 11) is 0. The van der Waals surface area contributed by atoms with Crippen molar-refractivity contribution in [2.24, 2.45) is 5.92 Å². The van der Waals surface area contributed by atoms with Gasteiger partial charge in [0.25, 0.3) is 0 Å². The quantitative estimate of drug-likeness (QED) is 0.557. The summed E-state index contributed by atoms with van der Waals surface area (Å²) >= 11 is 2.58. The molecule has 1 atom stereocenters. The van der Waals surface area contributed by atoms with Crippen molar-refractivity contribution >= 4 is 51.6 Å². The summed E-state index contributed by atoms with van der Waals surface area (Å²) in [5, 5.41) is 11.2. The zero-order valence-electron chi connectivity index (χ0n) is 15.7. The van der Waals surface area contributed by atoms with Crippen LogP contribution in [0.25, 0.3) is 0 Å². The van der Waals surface area contributed by atoms with Crippen molar-refractivity contribution in [3.8, 4) is 0 Å². The van der Waals surface area contributed by atoms with E-state index in [0.717, 1.165) is 31.6 Å². The first-order valence-corrected chi connectivity index (χ1v) is 11.3. The maximum absolute atomic E-state index is 12.6. The Kier molecular flexibility index (Phi) is 6.10. The predicted octanol–water partition coefficient (Wildman–Crippen LogP) is 2.24. The van der Waals surface area contributed by atoms with Gasteiger partial charge in [0.2, 0.25) is 22.9 Å². The Bertz CT molecular complexity index is 898. The molecule has 2 aliphatic rings. The number of nitrogens with zero attached hydrogens (tertiary/aromatic N) is 4. The van der Waals surface area contributed by atoms with Gasteiger partial charge >= 0.3 is 0 Å². The lowest BCUT2D eigenvalue weighted by atomic mass is 10.1. The SMILES string of the molecule is O=C(Nc1nnc(SCC(=O)N2CCCC2)s1)[C@H]1CC(=O)N(c2ccccc2)C1. The number of hydrogen-bond donors (Lipinski definition) is 1. The van der Waals surface area contributed by atoms with Crippen LogP contribution in [-0.4, -0.2) is 58.2 Å². The van der Waals surface area contributed by atoms with Gasteiger partial charge < -0.3 is 15.1 Å². The van der Waals surface area contributed by atoms with Gasteiger partial charge in [-0.25, -0.2) is 0 Å². The fourth-order valence-electron chi connectivity index (χ4n) is 3.45. The fraction of sp³-hybridized carbons (Fsp3) is 0.421. The maximum Gasteiger partial charge on any atom is 0.233 e. The number of hydrogen-bond acceptors (Lipinski definition) is 7. The third-order valence-electron chi connectivity index (χ3n) is 4.98. The molecule has 2 saturated heterocycles. The number of aromatic nitrogens is 2. The van der Waals surface area contributed by atoms with Crippen molar-refractivity contribution in [2.45, 2.75) is 23.6 Å². The van der Waals surface area contributed by atoms with Gasteiger partial charge in [0.1, 0.15) is 0 Å². The fourth-order valence-corrected chi connectivity index (χ4v) is 5.11. The first-order chi connectivity index (χ1) is 14.1. The van der Waals surface area contributed by atoms with Crippen LogP contribution in [0.15, 0.2) is 34.7 Å². The van der Waals surface area contributed by atoms with Gasteiger partial charge in [-0.1, -0.05) is 41.3 Å². The second-order valence-electron chi connectivity index (χ2n) is 6.98. The Morgan fingerprint density at radius 3 is 2.69 bits per heavy atom. The molecule has 152 valence electrons. The van der Waals surface area contributed by atoms with E-state index >= 15 is 0 Å². The first kappa shape index (κ1) is 19.8. The number of likely N-dealkylation sites (tertiary alicyclic amines) is 1. The summed E-state index contributed by atoms with van der Waals surface area (Å²) in [6.07, 6.45) is 2.30. The van der Waals surface area contributed by atoms with Crippen LogP contribution in [0.5, 0.6) is 0 Å². The first-order valence-electron chi connectivity index (χ1n) is 9.50. The van der Waals surface area contributed by atoms with Crippen LogP contribution in [0.3, 0.4) is 0 Å². The number of carbonyl (C=O) groups is 3. The highest BCUT2D eigenvalue weighted by Crippen LogP contribution is 2.29. The van der Waals surface area contributed by atoms with Gasteiger partial charge in [-0.05, 0) is 25.0 Å². The molecule has 4 rings (SSSR count). The third-order valence-corrected chi connectivity index (χ3v) is 6.93. The van der Waals surface area contributed by atoms with E-state index in [-0.39, 0.29) is 24.1 Å². The number of rotatable bonds is 6. The van der Waals surface area contributed by atoms with E-state index in [4.69, 9.17) is 0 Å². The summed E-state index contributed by atoms with van der Waals surface area (Å²) in [5.41, 5.74) is 0.796. The molecular formula is C19H21N5O3S2. The van der Waals surface area contributed by atoms with E-state index in [0.29, 0.717) is 21.8 Å². The molecule has 3 heterocycles. The topological polar surface area (TPSA) is 95.5 Å². The standard InChI is InChI=1S/C19H21N5O3S2/c25-15-10-13(11-24(15)14-6-2-1-3-7-14)17(27)20-18-21-22-19(29-18)28-12-16(26)23-8-4-5-9-23/h1-3,6-7,13H,4-5,8-12H2,(H,20,21,27)/t13-/m0/s1. The third kappa shape index (κ3) is 4.76. The summed E-state index contributed by atoms with van der Waals surface area (Å²) in [5.74, 6) is -0.299. The maximum atomic E-state index is 12.6. The lowest BCUT2D eigenvalue weighted by molar-refractivity contribution is -0.127. The summed E-state index contributed by atoms with van der Waals surface area (Å²) in [6.45, 7) is 2.01. The van der Waals surface area contributed by atoms with Crippen LogP contribution in [0, 0.1) is 5.92 Å². The zero-order valence-corrected chi connectivity index (χ0v) is 17.4. The van der Waals surface area contributed by atoms with E-state index in [2.05, 4.69) is 15.5 Å². The van der Waals surface area contributed by atoms with Crippen LogP contribution >= 0.6 is 23.1 Å². The minimum absolute atomic E-state index is 0.0646. The van der Waals surface area contributed by atoms with E-state index in [1.54, 1.807) is 4.90 Å². The van der Waals surface area contributed by atoms with Crippen LogP contribution in [0.1, 0.15) is 19.3 Å². The van der Waals surface area contributed by atoms with Crippen LogP contribution in [-0.2, 0) is 14.4 Å². The molecular weight excluding hydrogens is 410 g/mol. The Morgan fingerprint density at radius 1 is 1.17 bits per heavy atom. The van der Waals surface area contributed by atoms with Crippen molar-refractivity contribution in [3.05, 3.63) is 30.3 Å². The number of thioether (sulfide) groups is 1. The normalized spacial score (nSPS) is 19.0. The monoisotopic (exact) mass is 431 g/mol. The van der Waals surface area contributed by atoms with Gasteiger partial charge in [0, 0.05) is 31.7 Å². The Balaban J connectivity index is 1.29. The lowest BCUT2D eigenvalue weighted by Crippen LogP contribution is -2.29. The van der Waals surface area contributed by atoms with Gasteiger partial charge in [-0.2, -0.15) is 0 Å². The van der Waals surface area contributed by atoms with E-state index in [1.807, 2.05) is 35.2 Å². The highest BCUT2D eigenvalue weighted by Gasteiger charge is 2.35. The van der Waals surface area contributed by atoms with E-state index < -0.39 is 5.92 Å². The smallest absolute Gasteiger partial charge is 0.233 e. The molecule has 2 fully saturated rings. The second kappa shape index (κ2) is 8.91. The summed E-state index contributed by atoms with van der Waals surface area (Å²) in [4.78, 5) is 40.5. The van der Waals surface area contributed by atoms with Crippen LogP contribution in [0.4, 0.5) is 10.8 Å². The average molecular weight is 432 g/mol. The van der Waals surface area contributed by atoms with Gasteiger partial charge in [0.15, 0.2) is 4.34 Å². The van der Waals surface area contributed by atoms with Gasteiger partial charge in [-0.3, -0.25) is 14.4 Å². The summed E-state index contributed by atoms with van der Waals surface area (Å²) in [6, 6.07) is 9.33. The molecule has 1 aromatic carbocycles. The Hall–Kier alpha value is -2.46. The van der Waals surface area contributed by atoms with Crippen molar-refractivity contribution in [2.75, 3.05) is 35.6 Å². The minimum Gasteiger partial charge on any atom is -0.342 e. The predicted molar refractivity (Wildman–Crippen MR) is 112 cm³/mol. The molecule has 1 aromatic heterocycles. The molecule has 10 heteroatoms. The van der Waals surface area contributed by atoms with Crippen LogP contribution < -0.4 is 10.2 Å². The van der Waals surface area contributed by atoms with Gasteiger partial charge in [0.05, 0.1) is 11.7 Å². The largest absolute Gasteiger partial charge is 0.342 e. The molecule has 0 bridgehead atoms. The highest BCUT2D eigenvalue weighted by molar-refractivity contribution is 8.01. The van der Waals surface area contributed by atoms with Crippen molar-refractivity contribution in [1.82, 2.24) is 15.1 Å². The number of benzene rings is 1. The second-order valence-corrected chi connectivity index (χ2v) is 9.18. The molecule has 3 amide bonds. The average Bonchev–Trinajstić information content (AvgIpc) is 3.48. The molecule has 0 radical (unpaired) electrons. The molecule has 0 spiro atoms. The minimum atomic E-state index is -0.431. The molecule has 0 saturated carbocycles. The van der Waals surface area contributed by atoms with E-state index in [9.17, 15) is 14.4 Å². The van der Waals surface area contributed by atoms with Crippen molar-refractivity contribution in [3.63, 3.8) is 0 Å². The molecule has 1 N–H and O–H groups in total. The lowest BCUT2D eigenvalue weighted by Gasteiger charge is -2.16. The number of anilines is 2.